The van der Waals surface area contributed by atoms with E-state index in [1.54, 1.807) is 0 Å². The van der Waals surface area contributed by atoms with Crippen molar-refractivity contribution in [3.63, 3.8) is 0 Å². The van der Waals surface area contributed by atoms with Gasteiger partial charge >= 0.3 is 5.97 Å². The van der Waals surface area contributed by atoms with Crippen LogP contribution in [-0.4, -0.2) is 59.1 Å². The molecule has 6 heterocycles. The normalized spacial score (nSPS) is 28.0. The fraction of sp³-hybridized carbons (Fsp3) is 0.484. The monoisotopic (exact) mass is 557 g/mol. The highest BCUT2D eigenvalue weighted by atomic mass is 16.5. The van der Waals surface area contributed by atoms with Crippen LogP contribution in [0.3, 0.4) is 0 Å². The number of rotatable bonds is 6. The highest BCUT2D eigenvalue weighted by molar-refractivity contribution is 5.90. The minimum atomic E-state index is -0.704. The Bertz CT molecular complexity index is 1470. The summed E-state index contributed by atoms with van der Waals surface area (Å²) in [7, 11) is 0. The third-order valence-corrected chi connectivity index (χ3v) is 8.80. The van der Waals surface area contributed by atoms with Crippen molar-refractivity contribution in [2.45, 2.75) is 63.4 Å². The molecule has 2 aromatic heterocycles. The minimum Gasteiger partial charge on any atom is -0.459 e. The number of nitrogens with one attached hydrogen (secondary N) is 1. The van der Waals surface area contributed by atoms with Gasteiger partial charge in [-0.05, 0) is 49.8 Å². The molecule has 3 aromatic rings. The van der Waals surface area contributed by atoms with E-state index in [9.17, 15) is 9.59 Å². The molecule has 3 saturated heterocycles. The molecule has 1 spiro atoms. The Morgan fingerprint density at radius 3 is 2.80 bits per heavy atom. The maximum absolute atomic E-state index is 13.3. The number of carbonyl (C=O) groups excluding carboxylic acids is 2. The first-order chi connectivity index (χ1) is 20.1. The van der Waals surface area contributed by atoms with Gasteiger partial charge in [0.15, 0.2) is 0 Å². The molecule has 3 fully saturated rings. The molecule has 1 N–H and O–H groups in total. The van der Waals surface area contributed by atoms with Gasteiger partial charge in [-0.25, -0.2) is 9.78 Å². The van der Waals surface area contributed by atoms with Crippen molar-refractivity contribution in [2.75, 3.05) is 31.3 Å². The molecule has 214 valence electrons. The van der Waals surface area contributed by atoms with E-state index in [1.165, 1.54) is 0 Å². The second kappa shape index (κ2) is 10.9. The van der Waals surface area contributed by atoms with E-state index in [2.05, 4.69) is 22.5 Å². The van der Waals surface area contributed by atoms with Gasteiger partial charge < -0.3 is 19.5 Å². The second-order valence-electron chi connectivity index (χ2n) is 11.5. The van der Waals surface area contributed by atoms with Crippen LogP contribution >= 0.6 is 0 Å². The summed E-state index contributed by atoms with van der Waals surface area (Å²) in [6.45, 7) is 2.61. The molecule has 7 rings (SSSR count). The van der Waals surface area contributed by atoms with Gasteiger partial charge in [0, 0.05) is 31.5 Å². The number of aromatic nitrogens is 3. The summed E-state index contributed by atoms with van der Waals surface area (Å²) >= 11 is 0. The fourth-order valence-electron chi connectivity index (χ4n) is 6.65. The van der Waals surface area contributed by atoms with Gasteiger partial charge in [0.05, 0.1) is 18.4 Å². The zero-order valence-corrected chi connectivity index (χ0v) is 23.0. The van der Waals surface area contributed by atoms with Crippen molar-refractivity contribution in [3.8, 4) is 0 Å². The van der Waals surface area contributed by atoms with Crippen LogP contribution < -0.4 is 10.3 Å². The Morgan fingerprint density at radius 1 is 1.10 bits per heavy atom. The Balaban J connectivity index is 1.17. The Kier molecular flexibility index (Phi) is 6.96. The number of esters is 1. The Morgan fingerprint density at radius 2 is 2.00 bits per heavy atom. The average molecular weight is 558 g/mol. The van der Waals surface area contributed by atoms with Crippen LogP contribution in [0.2, 0.25) is 0 Å². The number of hydrogen-bond acceptors (Lipinski definition) is 8. The topological polar surface area (TPSA) is 108 Å². The van der Waals surface area contributed by atoms with Crippen LogP contribution in [0.1, 0.15) is 67.7 Å². The highest BCUT2D eigenvalue weighted by Gasteiger charge is 2.55. The third kappa shape index (κ3) is 4.99. The number of ether oxygens (including phenoxy) is 3. The van der Waals surface area contributed by atoms with Gasteiger partial charge in [0.1, 0.15) is 35.5 Å². The lowest BCUT2D eigenvalue weighted by molar-refractivity contribution is -0.150. The largest absolute Gasteiger partial charge is 0.459 e. The van der Waals surface area contributed by atoms with Crippen molar-refractivity contribution in [3.05, 3.63) is 71.6 Å². The van der Waals surface area contributed by atoms with E-state index < -0.39 is 17.4 Å². The number of amides is 1. The van der Waals surface area contributed by atoms with Crippen LogP contribution in [-0.2, 0) is 30.4 Å². The predicted octanol–water partition coefficient (Wildman–Crippen LogP) is 3.65. The first-order valence-electron chi connectivity index (χ1n) is 14.6. The summed E-state index contributed by atoms with van der Waals surface area (Å²) in [6, 6.07) is 13.0. The van der Waals surface area contributed by atoms with Crippen LogP contribution in [0, 0.1) is 5.41 Å². The molecule has 10 heteroatoms. The van der Waals surface area contributed by atoms with Gasteiger partial charge in [-0.1, -0.05) is 42.5 Å². The number of carbonyl (C=O) groups is 2. The standard InChI is InChI=1S/C31H35N5O5/c37-26-18-31(29(33-26)30(38)41-19-21-8-2-1-3-9-21)14-15-35(20-31)36-23-13-12-22(24-10-4-6-16-39-24)32-27(23)28(34-36)25-11-5-7-17-40-25/h1-3,5,7-9,12-13,24-25,29H,4,6,10-11,14-20H2,(H,33,37)/t24?,25?,29?,31-/m1/s1. The Hall–Kier alpha value is -3.76. The molecule has 41 heavy (non-hydrogen) atoms. The van der Waals surface area contributed by atoms with Crippen molar-refractivity contribution in [2.24, 2.45) is 5.41 Å². The molecule has 0 saturated carbocycles. The van der Waals surface area contributed by atoms with Gasteiger partial charge in [0.2, 0.25) is 5.91 Å². The lowest BCUT2D eigenvalue weighted by atomic mass is 9.79. The maximum atomic E-state index is 13.3. The molecule has 3 unspecified atom stereocenters. The van der Waals surface area contributed by atoms with Gasteiger partial charge in [-0.3, -0.25) is 9.80 Å². The van der Waals surface area contributed by atoms with E-state index in [0.29, 0.717) is 26.1 Å². The first-order valence-corrected chi connectivity index (χ1v) is 14.6. The quantitative estimate of drug-likeness (QED) is 0.362. The number of nitrogens with zero attached hydrogens (tertiary/aromatic N) is 4. The van der Waals surface area contributed by atoms with Crippen LogP contribution in [0.15, 0.2) is 54.6 Å². The number of fused-ring (bicyclic) bond motifs is 1. The molecule has 0 aliphatic carbocycles. The summed E-state index contributed by atoms with van der Waals surface area (Å²) in [6.07, 6.45) is 8.79. The van der Waals surface area contributed by atoms with E-state index >= 15 is 0 Å². The van der Waals surface area contributed by atoms with Crippen molar-refractivity contribution in [1.29, 1.82) is 0 Å². The highest BCUT2D eigenvalue weighted by Crippen LogP contribution is 2.42. The number of benzene rings is 1. The van der Waals surface area contributed by atoms with Crippen molar-refractivity contribution >= 4 is 22.9 Å². The zero-order chi connectivity index (χ0) is 27.8. The number of pyridine rings is 1. The minimum absolute atomic E-state index is 0.00944. The molecule has 10 nitrogen and oxygen atoms in total. The summed E-state index contributed by atoms with van der Waals surface area (Å²) in [4.78, 5) is 32.9. The third-order valence-electron chi connectivity index (χ3n) is 8.80. The Labute approximate surface area is 238 Å². The van der Waals surface area contributed by atoms with Gasteiger partial charge in [-0.15, -0.1) is 0 Å². The predicted molar refractivity (Wildman–Crippen MR) is 150 cm³/mol. The average Bonchev–Trinajstić information content (AvgIpc) is 3.71. The number of hydrogen-bond donors (Lipinski definition) is 1. The van der Waals surface area contributed by atoms with Crippen LogP contribution in [0.4, 0.5) is 0 Å². The summed E-state index contributed by atoms with van der Waals surface area (Å²) in [5.74, 6) is -0.519. The molecular formula is C31H35N5O5. The van der Waals surface area contributed by atoms with Gasteiger partial charge in [0.25, 0.3) is 0 Å². The van der Waals surface area contributed by atoms with E-state index in [4.69, 9.17) is 24.3 Å². The lowest BCUT2D eigenvalue weighted by Gasteiger charge is -2.29. The van der Waals surface area contributed by atoms with Gasteiger partial charge in [-0.2, -0.15) is 9.89 Å². The molecule has 1 aromatic carbocycles. The summed E-state index contributed by atoms with van der Waals surface area (Å²) in [5, 5.41) is 10.1. The zero-order valence-electron chi connectivity index (χ0n) is 23.0. The van der Waals surface area contributed by atoms with E-state index in [1.807, 2.05) is 47.3 Å². The molecule has 4 atom stereocenters. The molecule has 0 radical (unpaired) electrons. The molecule has 1 amide bonds. The van der Waals surface area contributed by atoms with Crippen LogP contribution in [0.25, 0.3) is 11.0 Å². The second-order valence-corrected chi connectivity index (χ2v) is 11.5. The fourth-order valence-corrected chi connectivity index (χ4v) is 6.65. The smallest absolute Gasteiger partial charge is 0.329 e. The summed E-state index contributed by atoms with van der Waals surface area (Å²) in [5.41, 5.74) is 3.77. The summed E-state index contributed by atoms with van der Waals surface area (Å²) < 4.78 is 17.8. The maximum Gasteiger partial charge on any atom is 0.329 e. The molecule has 4 aliphatic heterocycles. The van der Waals surface area contributed by atoms with Crippen molar-refractivity contribution < 1.29 is 23.8 Å². The van der Waals surface area contributed by atoms with Crippen LogP contribution in [0.5, 0.6) is 0 Å². The molecular weight excluding hydrogens is 522 g/mol. The van der Waals surface area contributed by atoms with Crippen molar-refractivity contribution in [1.82, 2.24) is 20.2 Å². The lowest BCUT2D eigenvalue weighted by Crippen LogP contribution is -2.47. The first kappa shape index (κ1) is 26.2. The molecule has 0 bridgehead atoms. The SMILES string of the molecule is O=C1C[C@@]2(CCN(n3nc(C4CC=CCO4)c4nc(C5CCCCO5)ccc43)C2)C(C(=O)OCc2ccccc2)N1. The molecule has 4 aliphatic rings. The van der Waals surface area contributed by atoms with E-state index in [0.717, 1.165) is 60.3 Å². The van der Waals surface area contributed by atoms with E-state index in [-0.39, 0.29) is 31.1 Å².